The normalized spacial score (nSPS) is 22.5. The zero-order valence-electron chi connectivity index (χ0n) is 13.0. The largest absolute Gasteiger partial charge is 0.444 e. The number of piperazine rings is 1. The van der Waals surface area contributed by atoms with Crippen molar-refractivity contribution in [1.82, 2.24) is 13.5 Å². The Hall–Kier alpha value is -0.860. The number of hydrogen-bond donors (Lipinski definition) is 0. The van der Waals surface area contributed by atoms with Crippen LogP contribution in [0.2, 0.25) is 0 Å². The number of carbonyl (C=O) groups is 1. The average Bonchev–Trinajstić information content (AvgIpc) is 2.91. The molecule has 2 saturated heterocycles. The highest BCUT2D eigenvalue weighted by molar-refractivity contribution is 7.86. The Morgan fingerprint density at radius 1 is 0.905 bits per heavy atom. The van der Waals surface area contributed by atoms with Gasteiger partial charge in [0.1, 0.15) is 5.60 Å². The van der Waals surface area contributed by atoms with Gasteiger partial charge in [0.15, 0.2) is 0 Å². The monoisotopic (exact) mass is 319 g/mol. The molecule has 2 rings (SSSR count). The molecule has 0 N–H and O–H groups in total. The van der Waals surface area contributed by atoms with Crippen LogP contribution in [0.1, 0.15) is 33.6 Å². The Balaban J connectivity index is 1.89. The lowest BCUT2D eigenvalue weighted by Crippen LogP contribution is -2.54. The predicted molar refractivity (Wildman–Crippen MR) is 79.1 cm³/mol. The standard InChI is InChI=1S/C13H25N3O4S/c1-13(2,3)20-12(17)14-8-10-16(11-9-14)21(18,19)15-6-4-5-7-15/h4-11H2,1-3H3. The molecule has 122 valence electrons. The predicted octanol–water partition coefficient (Wildman–Crippen LogP) is 0.880. The van der Waals surface area contributed by atoms with Crippen LogP contribution >= 0.6 is 0 Å². The third kappa shape index (κ3) is 4.08. The van der Waals surface area contributed by atoms with Crippen LogP contribution in [-0.2, 0) is 14.9 Å². The molecule has 7 nitrogen and oxygen atoms in total. The molecule has 2 fully saturated rings. The van der Waals surface area contributed by atoms with E-state index in [-0.39, 0.29) is 6.09 Å². The third-order valence-corrected chi connectivity index (χ3v) is 5.64. The van der Waals surface area contributed by atoms with Crippen LogP contribution in [0.3, 0.4) is 0 Å². The van der Waals surface area contributed by atoms with Crippen LogP contribution in [0, 0.1) is 0 Å². The first-order valence-electron chi connectivity index (χ1n) is 7.43. The van der Waals surface area contributed by atoms with Gasteiger partial charge < -0.3 is 9.64 Å². The van der Waals surface area contributed by atoms with Gasteiger partial charge in [-0.1, -0.05) is 0 Å². The molecule has 0 atom stereocenters. The fourth-order valence-electron chi connectivity index (χ4n) is 2.51. The Kier molecular flexibility index (Phi) is 4.79. The molecule has 0 bridgehead atoms. The summed E-state index contributed by atoms with van der Waals surface area (Å²) >= 11 is 0. The van der Waals surface area contributed by atoms with Crippen LogP contribution in [0.5, 0.6) is 0 Å². The summed E-state index contributed by atoms with van der Waals surface area (Å²) in [6.45, 7) is 8.08. The van der Waals surface area contributed by atoms with Crippen LogP contribution in [0.25, 0.3) is 0 Å². The smallest absolute Gasteiger partial charge is 0.410 e. The molecule has 0 radical (unpaired) electrons. The summed E-state index contributed by atoms with van der Waals surface area (Å²) in [6.07, 6.45) is 1.48. The maximum atomic E-state index is 12.4. The molecule has 0 aliphatic carbocycles. The highest BCUT2D eigenvalue weighted by Crippen LogP contribution is 2.19. The minimum atomic E-state index is -3.36. The summed E-state index contributed by atoms with van der Waals surface area (Å²) in [6, 6.07) is 0. The Labute approximate surface area is 127 Å². The molecule has 2 heterocycles. The first kappa shape index (κ1) is 16.5. The number of ether oxygens (including phenoxy) is 1. The topological polar surface area (TPSA) is 70.2 Å². The van der Waals surface area contributed by atoms with Gasteiger partial charge in [-0.3, -0.25) is 0 Å². The first-order chi connectivity index (χ1) is 9.70. The summed E-state index contributed by atoms with van der Waals surface area (Å²) < 4.78 is 33.1. The van der Waals surface area contributed by atoms with Gasteiger partial charge in [-0.05, 0) is 33.6 Å². The lowest BCUT2D eigenvalue weighted by molar-refractivity contribution is 0.0190. The van der Waals surface area contributed by atoms with E-state index in [1.807, 2.05) is 20.8 Å². The highest BCUT2D eigenvalue weighted by Gasteiger charge is 2.35. The Bertz CT molecular complexity index is 472. The molecule has 8 heteroatoms. The fraction of sp³-hybridized carbons (Fsp3) is 0.923. The minimum absolute atomic E-state index is 0.331. The van der Waals surface area contributed by atoms with Gasteiger partial charge in [0.25, 0.3) is 10.2 Å². The number of nitrogens with zero attached hydrogens (tertiary/aromatic N) is 3. The van der Waals surface area contributed by atoms with Crippen molar-refractivity contribution in [1.29, 1.82) is 0 Å². The molecule has 1 amide bonds. The maximum Gasteiger partial charge on any atom is 0.410 e. The van der Waals surface area contributed by atoms with Crippen molar-refractivity contribution in [3.05, 3.63) is 0 Å². The Morgan fingerprint density at radius 2 is 1.38 bits per heavy atom. The number of rotatable bonds is 2. The van der Waals surface area contributed by atoms with Crippen LogP contribution < -0.4 is 0 Å². The van der Waals surface area contributed by atoms with Crippen molar-refractivity contribution in [2.75, 3.05) is 39.3 Å². The zero-order chi connectivity index (χ0) is 15.7. The lowest BCUT2D eigenvalue weighted by Gasteiger charge is -2.36. The first-order valence-corrected chi connectivity index (χ1v) is 8.83. The van der Waals surface area contributed by atoms with Crippen LogP contribution in [-0.4, -0.2) is 72.9 Å². The molecule has 0 saturated carbocycles. The van der Waals surface area contributed by atoms with E-state index in [0.29, 0.717) is 39.3 Å². The highest BCUT2D eigenvalue weighted by atomic mass is 32.2. The second kappa shape index (κ2) is 6.10. The van der Waals surface area contributed by atoms with Gasteiger partial charge in [-0.15, -0.1) is 0 Å². The van der Waals surface area contributed by atoms with E-state index in [9.17, 15) is 13.2 Å². The number of hydrogen-bond acceptors (Lipinski definition) is 4. The lowest BCUT2D eigenvalue weighted by atomic mass is 10.2. The molecule has 0 aromatic rings. The molecule has 2 aliphatic rings. The van der Waals surface area contributed by atoms with Crippen LogP contribution in [0.15, 0.2) is 0 Å². The molecular weight excluding hydrogens is 294 g/mol. The summed E-state index contributed by atoms with van der Waals surface area (Å²) in [4.78, 5) is 13.5. The van der Waals surface area contributed by atoms with E-state index in [1.54, 1.807) is 4.90 Å². The zero-order valence-corrected chi connectivity index (χ0v) is 13.9. The van der Waals surface area contributed by atoms with E-state index in [4.69, 9.17) is 4.74 Å². The summed E-state index contributed by atoms with van der Waals surface area (Å²) in [7, 11) is -3.36. The number of carbonyl (C=O) groups excluding carboxylic acids is 1. The van der Waals surface area contributed by atoms with Crippen molar-refractivity contribution < 1.29 is 17.9 Å². The maximum absolute atomic E-state index is 12.4. The quantitative estimate of drug-likeness (QED) is 0.757. The third-order valence-electron chi connectivity index (χ3n) is 3.61. The van der Waals surface area contributed by atoms with Gasteiger partial charge in [0, 0.05) is 39.3 Å². The summed E-state index contributed by atoms with van der Waals surface area (Å²) in [5, 5.41) is 0. The molecule has 0 unspecified atom stereocenters. The van der Waals surface area contributed by atoms with Crippen molar-refractivity contribution in [2.24, 2.45) is 0 Å². The van der Waals surface area contributed by atoms with Gasteiger partial charge in [0.05, 0.1) is 0 Å². The molecule has 2 aliphatic heterocycles. The van der Waals surface area contributed by atoms with Gasteiger partial charge in [0.2, 0.25) is 0 Å². The van der Waals surface area contributed by atoms with E-state index < -0.39 is 15.8 Å². The second-order valence-corrected chi connectivity index (χ2v) is 8.41. The van der Waals surface area contributed by atoms with E-state index in [1.165, 1.54) is 8.61 Å². The van der Waals surface area contributed by atoms with Crippen molar-refractivity contribution >= 4 is 16.3 Å². The second-order valence-electron chi connectivity index (χ2n) is 6.48. The molecular formula is C13H25N3O4S. The minimum Gasteiger partial charge on any atom is -0.444 e. The van der Waals surface area contributed by atoms with Gasteiger partial charge in [-0.2, -0.15) is 17.0 Å². The number of amides is 1. The fourth-order valence-corrected chi connectivity index (χ4v) is 4.18. The van der Waals surface area contributed by atoms with Gasteiger partial charge in [-0.25, -0.2) is 4.79 Å². The average molecular weight is 319 g/mol. The van der Waals surface area contributed by atoms with Crippen molar-refractivity contribution in [3.63, 3.8) is 0 Å². The molecule has 21 heavy (non-hydrogen) atoms. The van der Waals surface area contributed by atoms with Crippen molar-refractivity contribution in [2.45, 2.75) is 39.2 Å². The van der Waals surface area contributed by atoms with Gasteiger partial charge >= 0.3 is 6.09 Å². The summed E-state index contributed by atoms with van der Waals surface area (Å²) in [5.41, 5.74) is -0.532. The summed E-state index contributed by atoms with van der Waals surface area (Å²) in [5.74, 6) is 0. The SMILES string of the molecule is CC(C)(C)OC(=O)N1CCN(S(=O)(=O)N2CCCC2)CC1. The van der Waals surface area contributed by atoms with E-state index in [0.717, 1.165) is 12.8 Å². The molecule has 0 aromatic heterocycles. The van der Waals surface area contributed by atoms with Crippen molar-refractivity contribution in [3.8, 4) is 0 Å². The van der Waals surface area contributed by atoms with E-state index in [2.05, 4.69) is 0 Å². The molecule has 0 spiro atoms. The van der Waals surface area contributed by atoms with E-state index >= 15 is 0 Å². The van der Waals surface area contributed by atoms with Crippen LogP contribution in [0.4, 0.5) is 4.79 Å². The Morgan fingerprint density at radius 3 is 1.86 bits per heavy atom. The molecule has 0 aromatic carbocycles.